The van der Waals surface area contributed by atoms with Gasteiger partial charge in [0.25, 0.3) is 5.69 Å². The van der Waals surface area contributed by atoms with Crippen LogP contribution in [0.15, 0.2) is 65.9 Å². The highest BCUT2D eigenvalue weighted by Crippen LogP contribution is 2.37. The van der Waals surface area contributed by atoms with Gasteiger partial charge < -0.3 is 10.1 Å². The number of nitrogens with one attached hydrogen (secondary N) is 1. The number of methoxy groups -OCH3 is 1. The molecular weight excluding hydrogens is 392 g/mol. The average Bonchev–Trinajstić information content (AvgIpc) is 3.25. The van der Waals surface area contributed by atoms with Crippen LogP contribution in [-0.2, 0) is 9.53 Å². The van der Waals surface area contributed by atoms with E-state index in [0.717, 1.165) is 0 Å². The number of fused-ring (bicyclic) bond motifs is 1. The lowest BCUT2D eigenvalue weighted by atomic mass is 9.89. The second-order valence-electron chi connectivity index (χ2n) is 6.30. The molecule has 2 heterocycles. The molecule has 0 spiro atoms. The predicted molar refractivity (Wildman–Crippen MR) is 102 cm³/mol. The molecule has 0 amide bonds. The fourth-order valence-corrected chi connectivity index (χ4v) is 3.25. The molecule has 150 valence electrons. The van der Waals surface area contributed by atoms with Crippen LogP contribution in [0.5, 0.6) is 0 Å². The number of aromatic nitrogens is 4. The van der Waals surface area contributed by atoms with Gasteiger partial charge in [-0.05, 0) is 16.0 Å². The number of non-ortho nitro benzene ring substituents is 1. The number of carbonyl (C=O) groups is 2. The molecule has 0 aliphatic carbocycles. The van der Waals surface area contributed by atoms with Crippen molar-refractivity contribution in [2.75, 3.05) is 12.4 Å². The van der Waals surface area contributed by atoms with Gasteiger partial charge in [0.2, 0.25) is 5.95 Å². The number of Topliss-reactive ketones (excluding diaryl/α,β-unsaturated/α-hetero) is 1. The van der Waals surface area contributed by atoms with Crippen molar-refractivity contribution in [3.8, 4) is 0 Å². The number of carbonyl (C=O) groups excluding carboxylic acids is 2. The van der Waals surface area contributed by atoms with Gasteiger partial charge in [-0.15, -0.1) is 0 Å². The van der Waals surface area contributed by atoms with Crippen molar-refractivity contribution in [1.82, 2.24) is 20.2 Å². The molecule has 0 saturated heterocycles. The third kappa shape index (κ3) is 3.17. The Labute approximate surface area is 169 Å². The smallest absolute Gasteiger partial charge is 0.355 e. The van der Waals surface area contributed by atoms with Crippen LogP contribution in [0, 0.1) is 10.1 Å². The topological polar surface area (TPSA) is 142 Å². The number of nitro benzene ring substituents is 1. The number of nitrogens with zero attached hydrogens (tertiary/aromatic N) is 5. The Balaban J connectivity index is 1.97. The Hall–Kier alpha value is -4.41. The van der Waals surface area contributed by atoms with Gasteiger partial charge in [0, 0.05) is 17.7 Å². The van der Waals surface area contributed by atoms with E-state index in [1.54, 1.807) is 36.4 Å². The van der Waals surface area contributed by atoms with Crippen molar-refractivity contribution in [3.05, 3.63) is 87.1 Å². The highest BCUT2D eigenvalue weighted by atomic mass is 16.6. The molecule has 11 nitrogen and oxygen atoms in total. The van der Waals surface area contributed by atoms with E-state index in [9.17, 15) is 19.7 Å². The molecule has 0 radical (unpaired) electrons. The normalized spacial score (nSPS) is 15.2. The SMILES string of the molecule is COC(=O)C1=C(C(=O)c2ccccc2)[C@@H](c2cccc([N+](=O)[O-])c2)n2nnnc2N1. The molecule has 3 aromatic rings. The molecule has 1 atom stereocenters. The van der Waals surface area contributed by atoms with Crippen LogP contribution in [0.3, 0.4) is 0 Å². The molecule has 1 N–H and O–H groups in total. The van der Waals surface area contributed by atoms with E-state index in [1.807, 2.05) is 0 Å². The molecule has 11 heteroatoms. The lowest BCUT2D eigenvalue weighted by Crippen LogP contribution is -2.33. The van der Waals surface area contributed by atoms with Crippen molar-refractivity contribution in [3.63, 3.8) is 0 Å². The zero-order chi connectivity index (χ0) is 21.3. The zero-order valence-electron chi connectivity index (χ0n) is 15.6. The fraction of sp³-hybridized carbons (Fsp3) is 0.105. The fourth-order valence-electron chi connectivity index (χ4n) is 3.25. The van der Waals surface area contributed by atoms with Gasteiger partial charge in [-0.3, -0.25) is 14.9 Å². The number of tetrazole rings is 1. The number of esters is 1. The maximum Gasteiger partial charge on any atom is 0.355 e. The number of allylic oxidation sites excluding steroid dienone is 1. The minimum atomic E-state index is -0.988. The molecule has 1 aromatic heterocycles. The van der Waals surface area contributed by atoms with E-state index < -0.39 is 22.7 Å². The molecule has 4 rings (SSSR count). The van der Waals surface area contributed by atoms with E-state index in [2.05, 4.69) is 20.8 Å². The predicted octanol–water partition coefficient (Wildman–Crippen LogP) is 1.91. The first kappa shape index (κ1) is 18.9. The van der Waals surface area contributed by atoms with E-state index in [-0.39, 0.29) is 22.9 Å². The summed E-state index contributed by atoms with van der Waals surface area (Å²) < 4.78 is 6.14. The monoisotopic (exact) mass is 406 g/mol. The summed E-state index contributed by atoms with van der Waals surface area (Å²) >= 11 is 0. The van der Waals surface area contributed by atoms with Gasteiger partial charge in [-0.2, -0.15) is 4.68 Å². The Morgan fingerprint density at radius 3 is 2.63 bits per heavy atom. The summed E-state index contributed by atoms with van der Waals surface area (Å²) in [5.74, 6) is -1.17. The number of nitro groups is 1. The Morgan fingerprint density at radius 2 is 1.93 bits per heavy atom. The number of ether oxygens (including phenoxy) is 1. The molecule has 1 aliphatic heterocycles. The third-order valence-electron chi connectivity index (χ3n) is 4.58. The highest BCUT2D eigenvalue weighted by Gasteiger charge is 2.38. The first-order chi connectivity index (χ1) is 14.5. The van der Waals surface area contributed by atoms with Crippen LogP contribution in [-0.4, -0.2) is 44.0 Å². The van der Waals surface area contributed by atoms with Crippen LogP contribution in [0.1, 0.15) is 22.0 Å². The summed E-state index contributed by atoms with van der Waals surface area (Å²) in [6.45, 7) is 0. The van der Waals surface area contributed by atoms with Crippen molar-refractivity contribution >= 4 is 23.4 Å². The second-order valence-corrected chi connectivity index (χ2v) is 6.30. The Morgan fingerprint density at radius 1 is 1.17 bits per heavy atom. The summed E-state index contributed by atoms with van der Waals surface area (Å²) in [7, 11) is 1.18. The van der Waals surface area contributed by atoms with Gasteiger partial charge >= 0.3 is 5.97 Å². The molecule has 0 bridgehead atoms. The average molecular weight is 406 g/mol. The number of anilines is 1. The number of hydrogen-bond acceptors (Lipinski definition) is 9. The van der Waals surface area contributed by atoms with Crippen LogP contribution in [0.2, 0.25) is 0 Å². The molecule has 2 aromatic carbocycles. The van der Waals surface area contributed by atoms with Gasteiger partial charge in [0.05, 0.1) is 17.6 Å². The van der Waals surface area contributed by atoms with Gasteiger partial charge in [-0.1, -0.05) is 47.6 Å². The summed E-state index contributed by atoms with van der Waals surface area (Å²) in [6.07, 6.45) is 0. The van der Waals surface area contributed by atoms with Crippen molar-refractivity contribution in [2.45, 2.75) is 6.04 Å². The molecule has 0 saturated carbocycles. The summed E-state index contributed by atoms with van der Waals surface area (Å²) in [5.41, 5.74) is 0.382. The summed E-state index contributed by atoms with van der Waals surface area (Å²) in [5, 5.41) is 25.4. The van der Waals surface area contributed by atoms with Crippen LogP contribution in [0.25, 0.3) is 0 Å². The van der Waals surface area contributed by atoms with E-state index in [1.165, 1.54) is 30.0 Å². The maximum atomic E-state index is 13.4. The third-order valence-corrected chi connectivity index (χ3v) is 4.58. The standard InChI is InChI=1S/C19H14N6O5/c1-30-18(27)15-14(17(26)11-6-3-2-4-7-11)16(24-19(20-15)21-22-23-24)12-8-5-9-13(10-12)25(28)29/h2-10,16H,1H3,(H,20,21,23)/t16-/m1/s1. The maximum absolute atomic E-state index is 13.4. The van der Waals surface area contributed by atoms with Crippen LogP contribution >= 0.6 is 0 Å². The minimum Gasteiger partial charge on any atom is -0.464 e. The number of rotatable bonds is 5. The summed E-state index contributed by atoms with van der Waals surface area (Å²) in [4.78, 5) is 36.7. The largest absolute Gasteiger partial charge is 0.464 e. The second kappa shape index (κ2) is 7.54. The van der Waals surface area contributed by atoms with Crippen LogP contribution < -0.4 is 5.32 Å². The Kier molecular flexibility index (Phi) is 4.76. The van der Waals surface area contributed by atoms with Gasteiger partial charge in [0.15, 0.2) is 5.78 Å². The molecule has 30 heavy (non-hydrogen) atoms. The number of hydrogen-bond donors (Lipinski definition) is 1. The van der Waals surface area contributed by atoms with Crippen molar-refractivity contribution in [2.24, 2.45) is 0 Å². The van der Waals surface area contributed by atoms with E-state index in [4.69, 9.17) is 4.74 Å². The highest BCUT2D eigenvalue weighted by molar-refractivity contribution is 6.14. The van der Waals surface area contributed by atoms with E-state index >= 15 is 0 Å². The van der Waals surface area contributed by atoms with Crippen LogP contribution in [0.4, 0.5) is 11.6 Å². The van der Waals surface area contributed by atoms with Crippen molar-refractivity contribution < 1.29 is 19.2 Å². The minimum absolute atomic E-state index is 0.00773. The zero-order valence-corrected chi connectivity index (χ0v) is 15.6. The molecule has 0 fully saturated rings. The molecular formula is C19H14N6O5. The van der Waals surface area contributed by atoms with Crippen molar-refractivity contribution in [1.29, 1.82) is 0 Å². The lowest BCUT2D eigenvalue weighted by Gasteiger charge is -2.28. The first-order valence-electron chi connectivity index (χ1n) is 8.72. The quantitative estimate of drug-likeness (QED) is 0.291. The van der Waals surface area contributed by atoms with Gasteiger partial charge in [-0.25, -0.2) is 4.79 Å². The number of ketones is 1. The first-order valence-corrected chi connectivity index (χ1v) is 8.72. The lowest BCUT2D eigenvalue weighted by molar-refractivity contribution is -0.384. The Bertz CT molecular complexity index is 1190. The van der Waals surface area contributed by atoms with Gasteiger partial charge in [0.1, 0.15) is 11.7 Å². The summed E-state index contributed by atoms with van der Waals surface area (Å²) in [6, 6.07) is 13.1. The van der Waals surface area contributed by atoms with E-state index in [0.29, 0.717) is 11.1 Å². The molecule has 0 unspecified atom stereocenters. The number of benzene rings is 2. The molecule has 1 aliphatic rings.